The zero-order valence-electron chi connectivity index (χ0n) is 10.1. The number of nitrogens with zero attached hydrogens (tertiary/aromatic N) is 1. The van der Waals surface area contributed by atoms with E-state index in [2.05, 4.69) is 0 Å². The molecule has 0 aromatic heterocycles. The van der Waals surface area contributed by atoms with Gasteiger partial charge in [-0.05, 0) is 19.3 Å². The van der Waals surface area contributed by atoms with Gasteiger partial charge in [-0.15, -0.1) is 0 Å². The Labute approximate surface area is 100 Å². The van der Waals surface area contributed by atoms with Gasteiger partial charge in [0.25, 0.3) is 5.91 Å². The Balaban J connectivity index is 2.53. The highest BCUT2D eigenvalue weighted by Gasteiger charge is 2.27. The lowest BCUT2D eigenvalue weighted by Crippen LogP contribution is -2.45. The van der Waals surface area contributed by atoms with Gasteiger partial charge in [0.15, 0.2) is 0 Å². The van der Waals surface area contributed by atoms with E-state index < -0.39 is 12.1 Å². The molecule has 17 heavy (non-hydrogen) atoms. The molecule has 0 aromatic rings. The molecule has 0 aromatic carbocycles. The zero-order chi connectivity index (χ0) is 12.7. The number of carboxylic acid groups (broad SMARTS) is 1. The van der Waals surface area contributed by atoms with E-state index in [1.807, 2.05) is 0 Å². The molecule has 0 unspecified atom stereocenters. The molecule has 1 rings (SSSR count). The van der Waals surface area contributed by atoms with E-state index in [1.165, 1.54) is 12.0 Å². The van der Waals surface area contributed by atoms with Crippen LogP contribution in [0, 0.1) is 0 Å². The standard InChI is InChI=1S/C11H19NO5/c1-16-7-5-12(8-10(13)14)11(15)9-4-2-3-6-17-9/h9H,2-8H2,1H3,(H,13,14)/t9-/m1/s1. The maximum atomic E-state index is 12.0. The van der Waals surface area contributed by atoms with Crippen LogP contribution in [0.15, 0.2) is 0 Å². The molecule has 1 fully saturated rings. The molecule has 1 N–H and O–H groups in total. The molecule has 0 bridgehead atoms. The molecule has 1 atom stereocenters. The molecule has 98 valence electrons. The zero-order valence-corrected chi connectivity index (χ0v) is 10.1. The highest BCUT2D eigenvalue weighted by molar-refractivity contribution is 5.84. The number of methoxy groups -OCH3 is 1. The van der Waals surface area contributed by atoms with Crippen LogP contribution in [-0.2, 0) is 19.1 Å². The fourth-order valence-electron chi connectivity index (χ4n) is 1.77. The predicted octanol–water partition coefficient (Wildman–Crippen LogP) is 0.115. The summed E-state index contributed by atoms with van der Waals surface area (Å²) >= 11 is 0. The quantitative estimate of drug-likeness (QED) is 0.719. The van der Waals surface area contributed by atoms with Crippen LogP contribution in [0.25, 0.3) is 0 Å². The molecule has 1 aliphatic heterocycles. The van der Waals surface area contributed by atoms with Gasteiger partial charge in [0.05, 0.1) is 6.61 Å². The lowest BCUT2D eigenvalue weighted by molar-refractivity contribution is -0.153. The van der Waals surface area contributed by atoms with Crippen molar-refractivity contribution in [3.05, 3.63) is 0 Å². The summed E-state index contributed by atoms with van der Waals surface area (Å²) in [5.41, 5.74) is 0. The minimum atomic E-state index is -1.02. The monoisotopic (exact) mass is 245 g/mol. The largest absolute Gasteiger partial charge is 0.480 e. The van der Waals surface area contributed by atoms with Gasteiger partial charge in [-0.25, -0.2) is 0 Å². The molecule has 1 heterocycles. The van der Waals surface area contributed by atoms with Crippen molar-refractivity contribution in [3.8, 4) is 0 Å². The summed E-state index contributed by atoms with van der Waals surface area (Å²) < 4.78 is 10.2. The molecule has 0 aliphatic carbocycles. The molecule has 1 aliphatic rings. The fourth-order valence-corrected chi connectivity index (χ4v) is 1.77. The SMILES string of the molecule is COCCN(CC(=O)O)C(=O)[C@H]1CCCCO1. The Morgan fingerprint density at radius 1 is 1.47 bits per heavy atom. The maximum absolute atomic E-state index is 12.0. The van der Waals surface area contributed by atoms with Crippen molar-refractivity contribution in [1.29, 1.82) is 0 Å². The van der Waals surface area contributed by atoms with Crippen molar-refractivity contribution in [3.63, 3.8) is 0 Å². The maximum Gasteiger partial charge on any atom is 0.323 e. The molecule has 6 nitrogen and oxygen atoms in total. The van der Waals surface area contributed by atoms with Crippen molar-refractivity contribution in [2.75, 3.05) is 33.4 Å². The van der Waals surface area contributed by atoms with Gasteiger partial charge in [-0.3, -0.25) is 9.59 Å². The third kappa shape index (κ3) is 4.70. The highest BCUT2D eigenvalue weighted by Crippen LogP contribution is 2.15. The molecular weight excluding hydrogens is 226 g/mol. The van der Waals surface area contributed by atoms with Crippen LogP contribution < -0.4 is 0 Å². The second-order valence-electron chi connectivity index (χ2n) is 4.00. The first kappa shape index (κ1) is 13.9. The normalized spacial score (nSPS) is 19.9. The molecule has 0 saturated carbocycles. The van der Waals surface area contributed by atoms with Crippen molar-refractivity contribution >= 4 is 11.9 Å². The van der Waals surface area contributed by atoms with Gasteiger partial charge < -0.3 is 19.5 Å². The van der Waals surface area contributed by atoms with Gasteiger partial charge in [0.1, 0.15) is 12.6 Å². The second-order valence-corrected chi connectivity index (χ2v) is 4.00. The number of hydrogen-bond donors (Lipinski definition) is 1. The number of carbonyl (C=O) groups is 2. The Kier molecular flexibility index (Phi) is 5.93. The summed E-state index contributed by atoms with van der Waals surface area (Å²) in [6.45, 7) is 0.872. The van der Waals surface area contributed by atoms with Crippen LogP contribution in [0.5, 0.6) is 0 Å². The average molecular weight is 245 g/mol. The topological polar surface area (TPSA) is 76.1 Å². The number of amides is 1. The van der Waals surface area contributed by atoms with Gasteiger partial charge >= 0.3 is 5.97 Å². The fraction of sp³-hybridized carbons (Fsp3) is 0.818. The van der Waals surface area contributed by atoms with Crippen LogP contribution in [0.2, 0.25) is 0 Å². The summed E-state index contributed by atoms with van der Waals surface area (Å²) in [5, 5.41) is 8.75. The Bertz CT molecular complexity index is 263. The predicted molar refractivity (Wildman–Crippen MR) is 59.7 cm³/mol. The minimum absolute atomic E-state index is 0.246. The van der Waals surface area contributed by atoms with E-state index in [9.17, 15) is 9.59 Å². The molecule has 1 saturated heterocycles. The number of ether oxygens (including phenoxy) is 2. The van der Waals surface area contributed by atoms with E-state index in [0.29, 0.717) is 19.6 Å². The Morgan fingerprint density at radius 3 is 2.76 bits per heavy atom. The lowest BCUT2D eigenvalue weighted by Gasteiger charge is -2.28. The van der Waals surface area contributed by atoms with Gasteiger partial charge in [0.2, 0.25) is 0 Å². The van der Waals surface area contributed by atoms with Crippen molar-refractivity contribution in [2.24, 2.45) is 0 Å². The highest BCUT2D eigenvalue weighted by atomic mass is 16.5. The first-order valence-corrected chi connectivity index (χ1v) is 5.76. The molecular formula is C11H19NO5. The number of carboxylic acids is 1. The summed E-state index contributed by atoms with van der Waals surface area (Å²) in [7, 11) is 1.51. The van der Waals surface area contributed by atoms with Crippen LogP contribution >= 0.6 is 0 Å². The number of aliphatic carboxylic acids is 1. The molecule has 0 spiro atoms. The third-order valence-electron chi connectivity index (χ3n) is 2.66. The van der Waals surface area contributed by atoms with E-state index in [0.717, 1.165) is 12.8 Å². The minimum Gasteiger partial charge on any atom is -0.480 e. The first-order valence-electron chi connectivity index (χ1n) is 5.76. The van der Waals surface area contributed by atoms with Gasteiger partial charge in [-0.2, -0.15) is 0 Å². The summed E-state index contributed by atoms with van der Waals surface area (Å²) in [4.78, 5) is 24.0. The van der Waals surface area contributed by atoms with Crippen LogP contribution in [0.1, 0.15) is 19.3 Å². The van der Waals surface area contributed by atoms with Crippen molar-refractivity contribution in [2.45, 2.75) is 25.4 Å². The van der Waals surface area contributed by atoms with E-state index in [1.54, 1.807) is 0 Å². The average Bonchev–Trinajstić information content (AvgIpc) is 2.34. The van der Waals surface area contributed by atoms with E-state index >= 15 is 0 Å². The van der Waals surface area contributed by atoms with Crippen molar-refractivity contribution < 1.29 is 24.2 Å². The summed E-state index contributed by atoms with van der Waals surface area (Å²) in [6, 6.07) is 0. The van der Waals surface area contributed by atoms with E-state index in [-0.39, 0.29) is 19.0 Å². The first-order chi connectivity index (χ1) is 8.15. The third-order valence-corrected chi connectivity index (χ3v) is 2.66. The molecule has 1 amide bonds. The summed E-state index contributed by atoms with van der Waals surface area (Å²) in [6.07, 6.45) is 2.09. The van der Waals surface area contributed by atoms with Crippen LogP contribution in [-0.4, -0.2) is 61.4 Å². The van der Waals surface area contributed by atoms with Crippen molar-refractivity contribution in [1.82, 2.24) is 4.90 Å². The number of hydrogen-bond acceptors (Lipinski definition) is 4. The number of rotatable bonds is 6. The molecule has 6 heteroatoms. The summed E-state index contributed by atoms with van der Waals surface area (Å²) in [5.74, 6) is -1.27. The molecule has 0 radical (unpaired) electrons. The second kappa shape index (κ2) is 7.24. The van der Waals surface area contributed by atoms with E-state index in [4.69, 9.17) is 14.6 Å². The Morgan fingerprint density at radius 2 is 2.24 bits per heavy atom. The lowest BCUT2D eigenvalue weighted by atomic mass is 10.1. The van der Waals surface area contributed by atoms with Crippen LogP contribution in [0.4, 0.5) is 0 Å². The van der Waals surface area contributed by atoms with Gasteiger partial charge in [0, 0.05) is 20.3 Å². The van der Waals surface area contributed by atoms with Gasteiger partial charge in [-0.1, -0.05) is 0 Å². The Hall–Kier alpha value is -1.14. The number of carbonyl (C=O) groups excluding carboxylic acids is 1. The van der Waals surface area contributed by atoms with Crippen LogP contribution in [0.3, 0.4) is 0 Å². The smallest absolute Gasteiger partial charge is 0.323 e.